The summed E-state index contributed by atoms with van der Waals surface area (Å²) in [6.45, 7) is 0.524. The van der Waals surface area contributed by atoms with Crippen molar-refractivity contribution in [1.82, 2.24) is 20.3 Å². The quantitative estimate of drug-likeness (QED) is 0.778. The monoisotopic (exact) mass is 402 g/mol. The number of halogens is 1. The molecule has 2 saturated heterocycles. The third-order valence-corrected chi connectivity index (χ3v) is 5.25. The summed E-state index contributed by atoms with van der Waals surface area (Å²) in [4.78, 5) is 39.4. The Kier molecular flexibility index (Phi) is 4.69. The number of rotatable bonds is 4. The fourth-order valence-electron chi connectivity index (χ4n) is 3.54. The van der Waals surface area contributed by atoms with Gasteiger partial charge < -0.3 is 19.5 Å². The van der Waals surface area contributed by atoms with E-state index in [1.54, 1.807) is 17.0 Å². The minimum Gasteiger partial charge on any atom is -0.482 e. The van der Waals surface area contributed by atoms with Crippen LogP contribution in [-0.4, -0.2) is 58.5 Å². The maximum Gasteiger partial charge on any atom is 0.324 e. The highest BCUT2D eigenvalue weighted by Crippen LogP contribution is 2.29. The minimum absolute atomic E-state index is 0.0722. The normalized spacial score (nSPS) is 18.3. The number of benzene rings is 1. The molecule has 1 aromatic heterocycles. The number of carbonyl (C=O) groups excluding carboxylic acids is 3. The van der Waals surface area contributed by atoms with Gasteiger partial charge in [-0.3, -0.25) is 14.5 Å². The predicted octanol–water partition coefficient (Wildman–Crippen LogP) is 1.55. The Morgan fingerprint density at radius 1 is 1.31 bits per heavy atom. The van der Waals surface area contributed by atoms with Gasteiger partial charge in [-0.1, -0.05) is 17.3 Å². The number of imide groups is 1. The largest absolute Gasteiger partial charge is 0.482 e. The lowest BCUT2D eigenvalue weighted by atomic mass is 9.87. The molecule has 1 spiro atoms. The van der Waals surface area contributed by atoms with Crippen molar-refractivity contribution in [2.24, 2.45) is 0 Å². The number of urea groups is 1. The summed E-state index contributed by atoms with van der Waals surface area (Å²) in [6, 6.07) is 6.99. The molecule has 0 radical (unpaired) electrons. The maximum absolute atomic E-state index is 13.6. The molecule has 4 rings (SSSR count). The van der Waals surface area contributed by atoms with E-state index in [0.29, 0.717) is 25.9 Å². The number of nitrogens with one attached hydrogen (secondary N) is 1. The fraction of sp³-hybridized carbons (Fsp3) is 0.368. The number of carbonyl (C=O) groups is 3. The van der Waals surface area contributed by atoms with Gasteiger partial charge in [-0.15, -0.1) is 0 Å². The predicted molar refractivity (Wildman–Crippen MR) is 96.4 cm³/mol. The smallest absolute Gasteiger partial charge is 0.324 e. The van der Waals surface area contributed by atoms with E-state index in [-0.39, 0.29) is 35.6 Å². The Labute approximate surface area is 165 Å². The molecule has 2 aliphatic heterocycles. The van der Waals surface area contributed by atoms with E-state index in [1.165, 1.54) is 25.2 Å². The van der Waals surface area contributed by atoms with Gasteiger partial charge in [-0.25, -0.2) is 9.18 Å². The van der Waals surface area contributed by atoms with Crippen LogP contribution in [0, 0.1) is 5.82 Å². The lowest BCUT2D eigenvalue weighted by Gasteiger charge is -2.36. The molecule has 10 heteroatoms. The summed E-state index contributed by atoms with van der Waals surface area (Å²) in [6.07, 6.45) is 0.656. The number of hydrogen-bond acceptors (Lipinski definition) is 6. The topological polar surface area (TPSA) is 105 Å². The van der Waals surface area contributed by atoms with Crippen molar-refractivity contribution in [1.29, 1.82) is 0 Å². The molecule has 2 aliphatic rings. The van der Waals surface area contributed by atoms with E-state index in [2.05, 4.69) is 10.5 Å². The number of hydrogen-bond donors (Lipinski definition) is 1. The second-order valence-corrected chi connectivity index (χ2v) is 7.07. The van der Waals surface area contributed by atoms with Crippen LogP contribution in [0.2, 0.25) is 0 Å². The molecule has 2 fully saturated rings. The van der Waals surface area contributed by atoms with E-state index in [1.807, 2.05) is 0 Å². The Morgan fingerprint density at radius 3 is 2.69 bits per heavy atom. The molecule has 152 valence electrons. The second kappa shape index (κ2) is 7.19. The highest BCUT2D eigenvalue weighted by molar-refractivity contribution is 6.07. The van der Waals surface area contributed by atoms with E-state index < -0.39 is 17.4 Å². The Bertz CT molecular complexity index is 967. The van der Waals surface area contributed by atoms with Crippen LogP contribution >= 0.6 is 0 Å². The highest BCUT2D eigenvalue weighted by atomic mass is 19.1. The zero-order valence-corrected chi connectivity index (χ0v) is 15.7. The fourth-order valence-corrected chi connectivity index (χ4v) is 3.54. The molecule has 3 heterocycles. The van der Waals surface area contributed by atoms with Crippen molar-refractivity contribution in [2.75, 3.05) is 20.1 Å². The molecule has 9 nitrogen and oxygen atoms in total. The molecular formula is C19H19FN4O5. The van der Waals surface area contributed by atoms with Crippen molar-refractivity contribution in [2.45, 2.75) is 25.0 Å². The summed E-state index contributed by atoms with van der Waals surface area (Å²) < 4.78 is 24.0. The summed E-state index contributed by atoms with van der Waals surface area (Å²) in [5, 5.41) is 6.50. The number of piperidine rings is 1. The van der Waals surface area contributed by atoms with E-state index in [0.717, 1.165) is 4.90 Å². The molecule has 1 N–H and O–H groups in total. The average Bonchev–Trinajstić information content (AvgIpc) is 3.27. The van der Waals surface area contributed by atoms with Crippen molar-refractivity contribution in [3.05, 3.63) is 47.6 Å². The van der Waals surface area contributed by atoms with Crippen LogP contribution in [0.1, 0.15) is 29.1 Å². The third-order valence-electron chi connectivity index (χ3n) is 5.25. The van der Waals surface area contributed by atoms with Crippen LogP contribution < -0.4 is 10.1 Å². The van der Waals surface area contributed by atoms with Crippen molar-refractivity contribution in [3.8, 4) is 5.75 Å². The number of amides is 4. The van der Waals surface area contributed by atoms with Gasteiger partial charge in [0.25, 0.3) is 11.8 Å². The molecule has 0 saturated carbocycles. The Hall–Kier alpha value is -3.43. The van der Waals surface area contributed by atoms with E-state index in [4.69, 9.17) is 9.26 Å². The van der Waals surface area contributed by atoms with Crippen LogP contribution in [0.25, 0.3) is 0 Å². The number of aromatic nitrogens is 1. The van der Waals surface area contributed by atoms with Gasteiger partial charge in [-0.05, 0) is 25.0 Å². The standard InChI is InChI=1S/C19H19FN4O5/c1-23-17(26)19(21-18(23)27)6-8-24(9-7-19)16(25)14-10-12(29-22-14)11-28-15-5-3-2-4-13(15)20/h2-5,10H,6-9,11H2,1H3,(H,21,27). The molecule has 0 unspecified atom stereocenters. The maximum atomic E-state index is 13.6. The summed E-state index contributed by atoms with van der Waals surface area (Å²) in [7, 11) is 1.43. The molecular weight excluding hydrogens is 383 g/mol. The van der Waals surface area contributed by atoms with Gasteiger partial charge in [0.15, 0.2) is 23.0 Å². The molecule has 0 bridgehead atoms. The average molecular weight is 402 g/mol. The molecule has 29 heavy (non-hydrogen) atoms. The lowest BCUT2D eigenvalue weighted by Crippen LogP contribution is -2.55. The van der Waals surface area contributed by atoms with Gasteiger partial charge in [0.2, 0.25) is 0 Å². The number of ether oxygens (including phenoxy) is 1. The molecule has 0 atom stereocenters. The summed E-state index contributed by atoms with van der Waals surface area (Å²) in [5.41, 5.74) is -0.836. The van der Waals surface area contributed by atoms with E-state index in [9.17, 15) is 18.8 Å². The molecule has 2 aromatic rings. The second-order valence-electron chi connectivity index (χ2n) is 7.07. The first-order chi connectivity index (χ1) is 13.9. The van der Waals surface area contributed by atoms with Crippen LogP contribution in [0.5, 0.6) is 5.75 Å². The van der Waals surface area contributed by atoms with Gasteiger partial charge in [0, 0.05) is 26.2 Å². The van der Waals surface area contributed by atoms with Crippen molar-refractivity contribution in [3.63, 3.8) is 0 Å². The summed E-state index contributed by atoms with van der Waals surface area (Å²) in [5.74, 6) is -0.754. The van der Waals surface area contributed by atoms with Crippen molar-refractivity contribution < 1.29 is 28.0 Å². The van der Waals surface area contributed by atoms with Crippen LogP contribution in [0.15, 0.2) is 34.9 Å². The van der Waals surface area contributed by atoms with Crippen LogP contribution in [0.3, 0.4) is 0 Å². The van der Waals surface area contributed by atoms with Gasteiger partial charge in [0.05, 0.1) is 0 Å². The summed E-state index contributed by atoms with van der Waals surface area (Å²) >= 11 is 0. The zero-order valence-electron chi connectivity index (χ0n) is 15.7. The van der Waals surface area contributed by atoms with Gasteiger partial charge >= 0.3 is 6.03 Å². The number of nitrogens with zero attached hydrogens (tertiary/aromatic N) is 3. The minimum atomic E-state index is -0.939. The highest BCUT2D eigenvalue weighted by Gasteiger charge is 2.51. The Morgan fingerprint density at radius 2 is 2.03 bits per heavy atom. The zero-order chi connectivity index (χ0) is 20.6. The molecule has 4 amide bonds. The van der Waals surface area contributed by atoms with E-state index >= 15 is 0 Å². The molecule has 0 aliphatic carbocycles. The first kappa shape index (κ1) is 18.9. The number of para-hydroxylation sites is 1. The van der Waals surface area contributed by atoms with Crippen LogP contribution in [-0.2, 0) is 11.4 Å². The number of likely N-dealkylation sites (N-methyl/N-ethyl adjacent to an activating group) is 1. The lowest BCUT2D eigenvalue weighted by molar-refractivity contribution is -0.131. The first-order valence-electron chi connectivity index (χ1n) is 9.12. The first-order valence-corrected chi connectivity index (χ1v) is 9.12. The molecule has 1 aromatic carbocycles. The van der Waals surface area contributed by atoms with Crippen molar-refractivity contribution >= 4 is 17.8 Å². The van der Waals surface area contributed by atoms with Gasteiger partial charge in [-0.2, -0.15) is 0 Å². The number of likely N-dealkylation sites (tertiary alicyclic amines) is 1. The van der Waals surface area contributed by atoms with Gasteiger partial charge in [0.1, 0.15) is 12.1 Å². The SMILES string of the molecule is CN1C(=O)NC2(CCN(C(=O)c3cc(COc4ccccc4F)on3)CC2)C1=O. The third kappa shape index (κ3) is 3.41. The van der Waals surface area contributed by atoms with Crippen LogP contribution in [0.4, 0.5) is 9.18 Å². The Balaban J connectivity index is 1.36.